The van der Waals surface area contributed by atoms with Gasteiger partial charge in [0.2, 0.25) is 5.91 Å². The largest absolute Gasteiger partial charge is 0.381 e. The first-order valence-electron chi connectivity index (χ1n) is 6.84. The SMILES string of the molecule is CSC1(CNC(=O)CNCC2CC2)CCOCC1.Cl. The van der Waals surface area contributed by atoms with Crippen molar-refractivity contribution in [3.05, 3.63) is 0 Å². The molecule has 0 radical (unpaired) electrons. The van der Waals surface area contributed by atoms with Crippen LogP contribution in [0.2, 0.25) is 0 Å². The predicted octanol–water partition coefficient (Wildman–Crippen LogP) is 1.44. The van der Waals surface area contributed by atoms with E-state index in [1.807, 2.05) is 11.8 Å². The fourth-order valence-electron chi connectivity index (χ4n) is 2.23. The highest BCUT2D eigenvalue weighted by atomic mass is 35.5. The Morgan fingerprint density at radius 3 is 2.63 bits per heavy atom. The van der Waals surface area contributed by atoms with Crippen LogP contribution in [0.15, 0.2) is 0 Å². The molecule has 2 rings (SSSR count). The topological polar surface area (TPSA) is 50.4 Å². The third kappa shape index (κ3) is 5.90. The van der Waals surface area contributed by atoms with E-state index in [-0.39, 0.29) is 23.1 Å². The second-order valence-corrected chi connectivity index (χ2v) is 6.62. The molecule has 0 aromatic rings. The van der Waals surface area contributed by atoms with Gasteiger partial charge in [-0.15, -0.1) is 12.4 Å². The van der Waals surface area contributed by atoms with Crippen LogP contribution in [0.4, 0.5) is 0 Å². The van der Waals surface area contributed by atoms with E-state index in [1.54, 1.807) is 0 Å². The number of amides is 1. The first-order valence-corrected chi connectivity index (χ1v) is 8.07. The highest BCUT2D eigenvalue weighted by Crippen LogP contribution is 2.32. The molecule has 0 unspecified atom stereocenters. The molecule has 4 nitrogen and oxygen atoms in total. The van der Waals surface area contributed by atoms with Gasteiger partial charge in [-0.1, -0.05) is 0 Å². The Bertz CT molecular complexity index is 282. The zero-order chi connectivity index (χ0) is 12.8. The van der Waals surface area contributed by atoms with Crippen molar-refractivity contribution in [1.29, 1.82) is 0 Å². The van der Waals surface area contributed by atoms with Crippen LogP contribution in [0.25, 0.3) is 0 Å². The summed E-state index contributed by atoms with van der Waals surface area (Å²) in [7, 11) is 0. The number of halogens is 1. The third-order valence-corrected chi connectivity index (χ3v) is 5.28. The van der Waals surface area contributed by atoms with Crippen molar-refractivity contribution in [3.8, 4) is 0 Å². The van der Waals surface area contributed by atoms with Crippen LogP contribution in [-0.4, -0.2) is 49.8 Å². The normalized spacial score (nSPS) is 21.5. The molecular formula is C13H25ClN2O2S. The molecule has 1 amide bonds. The molecule has 0 aromatic carbocycles. The number of rotatable bonds is 7. The van der Waals surface area contributed by atoms with Crippen molar-refractivity contribution >= 4 is 30.1 Å². The first-order chi connectivity index (χ1) is 8.74. The number of nitrogens with one attached hydrogen (secondary N) is 2. The maximum Gasteiger partial charge on any atom is 0.234 e. The number of thioether (sulfide) groups is 1. The van der Waals surface area contributed by atoms with E-state index in [9.17, 15) is 4.79 Å². The van der Waals surface area contributed by atoms with Crippen LogP contribution in [0.5, 0.6) is 0 Å². The zero-order valence-electron chi connectivity index (χ0n) is 11.6. The standard InChI is InChI=1S/C13H24N2O2S.ClH/c1-18-13(4-6-17-7-5-13)10-15-12(16)9-14-8-11-2-3-11;/h11,14H,2-10H2,1H3,(H,15,16);1H. The van der Waals surface area contributed by atoms with Crippen LogP contribution in [-0.2, 0) is 9.53 Å². The molecule has 2 N–H and O–H groups in total. The van der Waals surface area contributed by atoms with Crippen LogP contribution >= 0.6 is 24.2 Å². The molecule has 0 bridgehead atoms. The highest BCUT2D eigenvalue weighted by molar-refractivity contribution is 8.00. The van der Waals surface area contributed by atoms with Gasteiger partial charge in [0.25, 0.3) is 0 Å². The van der Waals surface area contributed by atoms with Gasteiger partial charge in [0.15, 0.2) is 0 Å². The monoisotopic (exact) mass is 308 g/mol. The molecule has 0 atom stereocenters. The Labute approximate surface area is 126 Å². The predicted molar refractivity (Wildman–Crippen MR) is 82.2 cm³/mol. The minimum atomic E-state index is 0. The van der Waals surface area contributed by atoms with Gasteiger partial charge >= 0.3 is 0 Å². The number of carbonyl (C=O) groups is 1. The van der Waals surface area contributed by atoms with E-state index >= 15 is 0 Å². The summed E-state index contributed by atoms with van der Waals surface area (Å²) in [6.07, 6.45) is 6.84. The fraction of sp³-hybridized carbons (Fsp3) is 0.923. The van der Waals surface area contributed by atoms with Crippen molar-refractivity contribution < 1.29 is 9.53 Å². The van der Waals surface area contributed by atoms with Gasteiger partial charge in [-0.25, -0.2) is 0 Å². The average molecular weight is 309 g/mol. The molecule has 1 heterocycles. The Balaban J connectivity index is 0.00000180. The summed E-state index contributed by atoms with van der Waals surface area (Å²) in [6.45, 7) is 3.85. The Morgan fingerprint density at radius 2 is 2.05 bits per heavy atom. The lowest BCUT2D eigenvalue weighted by Crippen LogP contribution is -2.46. The lowest BCUT2D eigenvalue weighted by Gasteiger charge is -2.35. The van der Waals surface area contributed by atoms with Gasteiger partial charge in [0, 0.05) is 24.5 Å². The molecule has 1 saturated heterocycles. The van der Waals surface area contributed by atoms with Gasteiger partial charge < -0.3 is 15.4 Å². The zero-order valence-corrected chi connectivity index (χ0v) is 13.2. The number of ether oxygens (including phenoxy) is 1. The summed E-state index contributed by atoms with van der Waals surface area (Å²) in [6, 6.07) is 0. The molecule has 0 spiro atoms. The number of carbonyl (C=O) groups excluding carboxylic acids is 1. The molecule has 6 heteroatoms. The quantitative estimate of drug-likeness (QED) is 0.747. The Morgan fingerprint density at radius 1 is 1.37 bits per heavy atom. The van der Waals surface area contributed by atoms with Crippen LogP contribution in [0.1, 0.15) is 25.7 Å². The minimum Gasteiger partial charge on any atom is -0.381 e. The van der Waals surface area contributed by atoms with E-state index in [1.165, 1.54) is 12.8 Å². The Hall–Kier alpha value is 0.0300. The lowest BCUT2D eigenvalue weighted by molar-refractivity contribution is -0.120. The van der Waals surface area contributed by atoms with E-state index in [0.717, 1.165) is 45.1 Å². The van der Waals surface area contributed by atoms with E-state index in [2.05, 4.69) is 16.9 Å². The van der Waals surface area contributed by atoms with E-state index < -0.39 is 0 Å². The lowest BCUT2D eigenvalue weighted by atomic mass is 9.99. The van der Waals surface area contributed by atoms with E-state index in [0.29, 0.717) is 6.54 Å². The van der Waals surface area contributed by atoms with Gasteiger partial charge in [0.1, 0.15) is 0 Å². The summed E-state index contributed by atoms with van der Waals surface area (Å²) in [5.41, 5.74) is 0. The molecule has 2 aliphatic rings. The van der Waals surface area contributed by atoms with Crippen molar-refractivity contribution in [1.82, 2.24) is 10.6 Å². The van der Waals surface area contributed by atoms with Gasteiger partial charge in [-0.2, -0.15) is 11.8 Å². The Kier molecular flexibility index (Phi) is 7.50. The van der Waals surface area contributed by atoms with Gasteiger partial charge in [-0.3, -0.25) is 4.79 Å². The smallest absolute Gasteiger partial charge is 0.234 e. The van der Waals surface area contributed by atoms with Crippen molar-refractivity contribution in [3.63, 3.8) is 0 Å². The molecule has 1 aliphatic heterocycles. The summed E-state index contributed by atoms with van der Waals surface area (Å²) in [4.78, 5) is 11.7. The number of hydrogen-bond donors (Lipinski definition) is 2. The molecule has 2 fully saturated rings. The second-order valence-electron chi connectivity index (χ2n) is 5.35. The van der Waals surface area contributed by atoms with Gasteiger partial charge in [0.05, 0.1) is 6.54 Å². The first kappa shape index (κ1) is 17.1. The maximum absolute atomic E-state index is 11.7. The molecule has 19 heavy (non-hydrogen) atoms. The van der Waals surface area contributed by atoms with Crippen molar-refractivity contribution in [2.45, 2.75) is 30.4 Å². The minimum absolute atomic E-state index is 0. The highest BCUT2D eigenvalue weighted by Gasteiger charge is 2.32. The maximum atomic E-state index is 11.7. The average Bonchev–Trinajstić information content (AvgIpc) is 3.22. The summed E-state index contributed by atoms with van der Waals surface area (Å²) < 4.78 is 5.58. The third-order valence-electron chi connectivity index (χ3n) is 3.86. The van der Waals surface area contributed by atoms with E-state index in [4.69, 9.17) is 4.74 Å². The summed E-state index contributed by atoms with van der Waals surface area (Å²) >= 11 is 1.86. The molecule has 1 saturated carbocycles. The van der Waals surface area contributed by atoms with Gasteiger partial charge in [-0.05, 0) is 44.4 Å². The summed E-state index contributed by atoms with van der Waals surface area (Å²) in [5, 5.41) is 6.28. The van der Waals surface area contributed by atoms with Crippen LogP contribution in [0, 0.1) is 5.92 Å². The van der Waals surface area contributed by atoms with Crippen LogP contribution < -0.4 is 10.6 Å². The number of hydrogen-bond acceptors (Lipinski definition) is 4. The fourth-order valence-corrected chi connectivity index (χ4v) is 3.02. The van der Waals surface area contributed by atoms with Crippen LogP contribution in [0.3, 0.4) is 0 Å². The van der Waals surface area contributed by atoms with Crippen molar-refractivity contribution in [2.75, 3.05) is 39.1 Å². The summed E-state index contributed by atoms with van der Waals surface area (Å²) in [5.74, 6) is 0.946. The van der Waals surface area contributed by atoms with Crippen molar-refractivity contribution in [2.24, 2.45) is 5.92 Å². The second kappa shape index (κ2) is 8.35. The molecule has 1 aliphatic carbocycles. The molecule has 112 valence electrons. The molecular weight excluding hydrogens is 284 g/mol. The molecule has 0 aromatic heterocycles.